The van der Waals surface area contributed by atoms with E-state index in [-0.39, 0.29) is 0 Å². The predicted molar refractivity (Wildman–Crippen MR) is 102 cm³/mol. The van der Waals surface area contributed by atoms with Gasteiger partial charge in [-0.2, -0.15) is 0 Å². The van der Waals surface area contributed by atoms with Gasteiger partial charge in [0.25, 0.3) is 0 Å². The summed E-state index contributed by atoms with van der Waals surface area (Å²) >= 11 is 0. The van der Waals surface area contributed by atoms with Gasteiger partial charge >= 0.3 is 0 Å². The normalized spacial score (nSPS) is 24.3. The first-order valence-electron chi connectivity index (χ1n) is 9.50. The monoisotopic (exact) mass is 361 g/mol. The van der Waals surface area contributed by atoms with Crippen molar-refractivity contribution in [1.29, 1.82) is 5.41 Å². The van der Waals surface area contributed by atoms with E-state index in [2.05, 4.69) is 5.32 Å². The average Bonchev–Trinajstić information content (AvgIpc) is 2.64. The SMILES string of the molecule is COc1ccc(C)cc1OCC1(CC2CCCCC2)NC(=N)N(C)CO1. The van der Waals surface area contributed by atoms with Crippen molar-refractivity contribution in [1.82, 2.24) is 10.2 Å². The van der Waals surface area contributed by atoms with Gasteiger partial charge in [-0.1, -0.05) is 38.2 Å². The summed E-state index contributed by atoms with van der Waals surface area (Å²) in [6.07, 6.45) is 7.20. The van der Waals surface area contributed by atoms with E-state index < -0.39 is 5.72 Å². The standard InChI is InChI=1S/C20H31N3O3/c1-15-9-10-17(24-3)18(11-15)25-13-20(12-16-7-5-4-6-8-16)22-19(21)23(2)14-26-20/h9-11,16H,4-8,12-14H2,1-3H3,(H2,21,22). The molecule has 144 valence electrons. The van der Waals surface area contributed by atoms with Crippen LogP contribution in [-0.2, 0) is 4.74 Å². The molecule has 26 heavy (non-hydrogen) atoms. The first-order valence-corrected chi connectivity index (χ1v) is 9.50. The molecule has 0 amide bonds. The Hall–Kier alpha value is -1.95. The number of guanidine groups is 1. The van der Waals surface area contributed by atoms with E-state index in [1.165, 1.54) is 32.1 Å². The molecule has 6 nitrogen and oxygen atoms in total. The fourth-order valence-electron chi connectivity index (χ4n) is 3.83. The molecule has 1 aliphatic carbocycles. The van der Waals surface area contributed by atoms with Crippen LogP contribution in [-0.4, -0.2) is 44.1 Å². The van der Waals surface area contributed by atoms with E-state index in [0.717, 1.165) is 12.0 Å². The maximum atomic E-state index is 8.22. The minimum absolute atomic E-state index is 0.347. The molecule has 1 unspecified atom stereocenters. The lowest BCUT2D eigenvalue weighted by Crippen LogP contribution is -2.64. The summed E-state index contributed by atoms with van der Waals surface area (Å²) in [5, 5.41) is 11.5. The van der Waals surface area contributed by atoms with E-state index in [0.29, 0.717) is 36.7 Å². The number of methoxy groups -OCH3 is 1. The van der Waals surface area contributed by atoms with Gasteiger partial charge < -0.3 is 24.4 Å². The molecule has 1 aromatic carbocycles. The third-order valence-electron chi connectivity index (χ3n) is 5.39. The Morgan fingerprint density at radius 1 is 1.27 bits per heavy atom. The van der Waals surface area contributed by atoms with Crippen LogP contribution < -0.4 is 14.8 Å². The van der Waals surface area contributed by atoms with Crippen LogP contribution in [0, 0.1) is 18.3 Å². The smallest absolute Gasteiger partial charge is 0.194 e. The molecule has 2 N–H and O–H groups in total. The van der Waals surface area contributed by atoms with Crippen molar-refractivity contribution in [3.63, 3.8) is 0 Å². The van der Waals surface area contributed by atoms with Crippen LogP contribution in [0.2, 0.25) is 0 Å². The molecule has 1 heterocycles. The average molecular weight is 361 g/mol. The van der Waals surface area contributed by atoms with Gasteiger partial charge in [-0.3, -0.25) is 5.41 Å². The topological polar surface area (TPSA) is 66.8 Å². The van der Waals surface area contributed by atoms with Crippen molar-refractivity contribution in [2.75, 3.05) is 27.5 Å². The predicted octanol–water partition coefficient (Wildman–Crippen LogP) is 3.49. The van der Waals surface area contributed by atoms with Gasteiger partial charge in [0, 0.05) is 13.5 Å². The molecular formula is C20H31N3O3. The maximum absolute atomic E-state index is 8.22. The molecule has 0 spiro atoms. The van der Waals surface area contributed by atoms with Crippen molar-refractivity contribution < 1.29 is 14.2 Å². The molecule has 6 heteroatoms. The van der Waals surface area contributed by atoms with E-state index >= 15 is 0 Å². The zero-order valence-electron chi connectivity index (χ0n) is 16.1. The number of rotatable bonds is 6. The number of hydrogen-bond donors (Lipinski definition) is 2. The van der Waals surface area contributed by atoms with E-state index in [4.69, 9.17) is 19.6 Å². The van der Waals surface area contributed by atoms with Gasteiger partial charge in [-0.05, 0) is 30.5 Å². The molecule has 2 fully saturated rings. The number of benzene rings is 1. The molecule has 0 bridgehead atoms. The lowest BCUT2D eigenvalue weighted by Gasteiger charge is -2.44. The van der Waals surface area contributed by atoms with Crippen molar-refractivity contribution >= 4 is 5.96 Å². The first-order chi connectivity index (χ1) is 12.5. The van der Waals surface area contributed by atoms with Gasteiger partial charge in [0.1, 0.15) is 13.3 Å². The Morgan fingerprint density at radius 2 is 2.04 bits per heavy atom. The summed E-state index contributed by atoms with van der Waals surface area (Å²) in [7, 11) is 3.50. The summed E-state index contributed by atoms with van der Waals surface area (Å²) in [4.78, 5) is 1.76. The Kier molecular flexibility index (Phi) is 5.91. The fourth-order valence-corrected chi connectivity index (χ4v) is 3.83. The summed E-state index contributed by atoms with van der Waals surface area (Å²) in [5.74, 6) is 2.42. The molecule has 1 atom stereocenters. The van der Waals surface area contributed by atoms with Crippen molar-refractivity contribution in [3.05, 3.63) is 23.8 Å². The summed E-state index contributed by atoms with van der Waals surface area (Å²) in [6.45, 7) is 2.77. The molecule has 3 rings (SSSR count). The summed E-state index contributed by atoms with van der Waals surface area (Å²) < 4.78 is 17.8. The minimum Gasteiger partial charge on any atom is -0.493 e. The lowest BCUT2D eigenvalue weighted by atomic mass is 9.83. The molecule has 0 aromatic heterocycles. The van der Waals surface area contributed by atoms with Gasteiger partial charge in [0.15, 0.2) is 23.2 Å². The van der Waals surface area contributed by atoms with Crippen LogP contribution in [0.15, 0.2) is 18.2 Å². The number of ether oxygens (including phenoxy) is 3. The molecule has 2 aliphatic rings. The second-order valence-electron chi connectivity index (χ2n) is 7.59. The Labute approximate surface area is 156 Å². The van der Waals surface area contributed by atoms with E-state index in [1.54, 1.807) is 12.0 Å². The van der Waals surface area contributed by atoms with Gasteiger partial charge in [0.05, 0.1) is 7.11 Å². The van der Waals surface area contributed by atoms with Crippen molar-refractivity contribution in [2.24, 2.45) is 5.92 Å². The fraction of sp³-hybridized carbons (Fsp3) is 0.650. The third-order valence-corrected chi connectivity index (χ3v) is 5.39. The van der Waals surface area contributed by atoms with Gasteiger partial charge in [0.2, 0.25) is 0 Å². The second-order valence-corrected chi connectivity index (χ2v) is 7.59. The highest BCUT2D eigenvalue weighted by atomic mass is 16.6. The minimum atomic E-state index is -0.666. The van der Waals surface area contributed by atoms with Crippen LogP contribution >= 0.6 is 0 Å². The van der Waals surface area contributed by atoms with E-state index in [1.807, 2.05) is 32.2 Å². The van der Waals surface area contributed by atoms with Crippen molar-refractivity contribution in [2.45, 2.75) is 51.2 Å². The van der Waals surface area contributed by atoms with Crippen LogP contribution in [0.3, 0.4) is 0 Å². The summed E-state index contributed by atoms with van der Waals surface area (Å²) in [5.41, 5.74) is 0.451. The third kappa shape index (κ3) is 4.41. The van der Waals surface area contributed by atoms with Crippen LogP contribution in [0.25, 0.3) is 0 Å². The molecule has 1 aliphatic heterocycles. The van der Waals surface area contributed by atoms with Gasteiger partial charge in [-0.15, -0.1) is 0 Å². The number of nitrogens with one attached hydrogen (secondary N) is 2. The molecule has 1 aromatic rings. The highest BCUT2D eigenvalue weighted by Gasteiger charge is 2.40. The highest BCUT2D eigenvalue weighted by molar-refractivity contribution is 5.77. The van der Waals surface area contributed by atoms with Crippen molar-refractivity contribution in [3.8, 4) is 11.5 Å². The number of hydrogen-bond acceptors (Lipinski definition) is 4. The molecule has 0 radical (unpaired) electrons. The lowest BCUT2D eigenvalue weighted by molar-refractivity contribution is -0.141. The Balaban J connectivity index is 1.75. The van der Waals surface area contributed by atoms with Gasteiger partial charge in [-0.25, -0.2) is 0 Å². The second kappa shape index (κ2) is 8.16. The zero-order valence-corrected chi connectivity index (χ0v) is 16.1. The number of aryl methyl sites for hydroxylation is 1. The molecule has 1 saturated carbocycles. The Bertz CT molecular complexity index is 631. The van der Waals surface area contributed by atoms with Crippen LogP contribution in [0.1, 0.15) is 44.1 Å². The quantitative estimate of drug-likeness (QED) is 0.812. The Morgan fingerprint density at radius 3 is 2.73 bits per heavy atom. The number of nitrogens with zero attached hydrogens (tertiary/aromatic N) is 1. The molecular weight excluding hydrogens is 330 g/mol. The zero-order chi connectivity index (χ0) is 18.6. The van der Waals surface area contributed by atoms with Crippen LogP contribution in [0.4, 0.5) is 0 Å². The maximum Gasteiger partial charge on any atom is 0.194 e. The van der Waals surface area contributed by atoms with E-state index in [9.17, 15) is 0 Å². The highest BCUT2D eigenvalue weighted by Crippen LogP contribution is 2.34. The largest absolute Gasteiger partial charge is 0.493 e. The molecule has 1 saturated heterocycles. The summed E-state index contributed by atoms with van der Waals surface area (Å²) in [6, 6.07) is 5.90. The first kappa shape index (κ1) is 18.8. The van der Waals surface area contributed by atoms with Crippen LogP contribution in [0.5, 0.6) is 11.5 Å².